The highest BCUT2D eigenvalue weighted by molar-refractivity contribution is 5.93. The van der Waals surface area contributed by atoms with Gasteiger partial charge in [0.25, 0.3) is 0 Å². The van der Waals surface area contributed by atoms with Gasteiger partial charge in [-0.3, -0.25) is 4.79 Å². The number of carbonyl (C=O) groups is 2. The van der Waals surface area contributed by atoms with Gasteiger partial charge in [-0.15, -0.1) is 0 Å². The largest absolute Gasteiger partial charge is 0.478 e. The van der Waals surface area contributed by atoms with Crippen LogP contribution < -0.4 is 5.32 Å². The number of carboxylic acids is 1. The number of likely N-dealkylation sites (N-methyl/N-ethyl adjacent to an activating group) is 1. The molecule has 0 saturated carbocycles. The molecule has 0 spiro atoms. The number of nitrogens with one attached hydrogen (secondary N) is 1. The lowest BCUT2D eigenvalue weighted by Crippen LogP contribution is -2.27. The number of carboxylic acid groups (broad SMARTS) is 1. The Bertz CT molecular complexity index is 711. The Labute approximate surface area is 122 Å². The van der Waals surface area contributed by atoms with E-state index in [1.807, 2.05) is 20.8 Å². The van der Waals surface area contributed by atoms with Crippen LogP contribution in [0.4, 0.5) is 0 Å². The lowest BCUT2D eigenvalue weighted by molar-refractivity contribution is -0.121. The smallest absolute Gasteiger partial charge is 0.335 e. The van der Waals surface area contributed by atoms with Crippen molar-refractivity contribution in [3.8, 4) is 0 Å². The number of hydrogen-bond donors (Lipinski definition) is 2. The predicted molar refractivity (Wildman–Crippen MR) is 79.5 cm³/mol. The van der Waals surface area contributed by atoms with Crippen molar-refractivity contribution in [1.82, 2.24) is 14.9 Å². The zero-order chi connectivity index (χ0) is 15.8. The number of rotatable bonds is 3. The van der Waals surface area contributed by atoms with Gasteiger partial charge < -0.3 is 15.0 Å². The monoisotopic (exact) mass is 289 g/mol. The highest BCUT2D eigenvalue weighted by Crippen LogP contribution is 2.27. The van der Waals surface area contributed by atoms with Gasteiger partial charge in [0.1, 0.15) is 12.4 Å². The average Bonchev–Trinajstić information content (AvgIpc) is 2.76. The molecule has 0 aliphatic carbocycles. The summed E-state index contributed by atoms with van der Waals surface area (Å²) in [4.78, 5) is 27.4. The summed E-state index contributed by atoms with van der Waals surface area (Å²) in [6.45, 7) is 6.13. The minimum absolute atomic E-state index is 0.114. The molecule has 2 aromatic rings. The summed E-state index contributed by atoms with van der Waals surface area (Å²) in [5.41, 5.74) is 1.27. The molecule has 0 unspecified atom stereocenters. The first-order chi connectivity index (χ1) is 9.74. The Morgan fingerprint density at radius 2 is 2.00 bits per heavy atom. The Kier molecular flexibility index (Phi) is 3.72. The second kappa shape index (κ2) is 5.20. The molecule has 1 heterocycles. The van der Waals surface area contributed by atoms with E-state index in [-0.39, 0.29) is 23.4 Å². The molecule has 0 fully saturated rings. The SMILES string of the molecule is CNC(=O)Cn1c(C(C)(C)C)nc2ccc(C(=O)O)cc21. The summed E-state index contributed by atoms with van der Waals surface area (Å²) >= 11 is 0. The molecular weight excluding hydrogens is 270 g/mol. The molecule has 0 aliphatic rings. The van der Waals surface area contributed by atoms with Gasteiger partial charge in [0.15, 0.2) is 0 Å². The van der Waals surface area contributed by atoms with Gasteiger partial charge in [-0.25, -0.2) is 9.78 Å². The van der Waals surface area contributed by atoms with Gasteiger partial charge in [-0.1, -0.05) is 20.8 Å². The third-order valence-electron chi connectivity index (χ3n) is 3.25. The molecular formula is C15H19N3O3. The van der Waals surface area contributed by atoms with E-state index in [2.05, 4.69) is 10.3 Å². The van der Waals surface area contributed by atoms with Gasteiger partial charge in [0.05, 0.1) is 16.6 Å². The Balaban J connectivity index is 2.70. The normalized spacial score (nSPS) is 11.6. The molecule has 112 valence electrons. The molecule has 1 aromatic heterocycles. The Morgan fingerprint density at radius 1 is 1.33 bits per heavy atom. The molecule has 2 N–H and O–H groups in total. The molecule has 0 radical (unpaired) electrons. The lowest BCUT2D eigenvalue weighted by atomic mass is 9.95. The van der Waals surface area contributed by atoms with Crippen LogP contribution in [0.2, 0.25) is 0 Å². The van der Waals surface area contributed by atoms with Gasteiger partial charge in [-0.05, 0) is 18.2 Å². The molecule has 6 heteroatoms. The minimum atomic E-state index is -0.998. The van der Waals surface area contributed by atoms with Crippen molar-refractivity contribution >= 4 is 22.9 Å². The number of fused-ring (bicyclic) bond motifs is 1. The van der Waals surface area contributed by atoms with Crippen molar-refractivity contribution in [2.45, 2.75) is 32.7 Å². The number of imidazole rings is 1. The number of aromatic carboxylic acids is 1. The fourth-order valence-electron chi connectivity index (χ4n) is 2.21. The second-order valence-electron chi connectivity index (χ2n) is 5.95. The van der Waals surface area contributed by atoms with E-state index in [1.54, 1.807) is 23.7 Å². The fraction of sp³-hybridized carbons (Fsp3) is 0.400. The number of nitrogens with zero attached hydrogens (tertiary/aromatic N) is 2. The van der Waals surface area contributed by atoms with Gasteiger partial charge >= 0.3 is 5.97 Å². The minimum Gasteiger partial charge on any atom is -0.478 e. The maximum absolute atomic E-state index is 11.7. The zero-order valence-electron chi connectivity index (χ0n) is 12.6. The molecule has 21 heavy (non-hydrogen) atoms. The number of hydrogen-bond acceptors (Lipinski definition) is 3. The lowest BCUT2D eigenvalue weighted by Gasteiger charge is -2.19. The molecule has 1 aromatic carbocycles. The van der Waals surface area contributed by atoms with Crippen molar-refractivity contribution in [3.05, 3.63) is 29.6 Å². The molecule has 2 rings (SSSR count). The maximum Gasteiger partial charge on any atom is 0.335 e. The van der Waals surface area contributed by atoms with E-state index < -0.39 is 5.97 Å². The van der Waals surface area contributed by atoms with Gasteiger partial charge in [0.2, 0.25) is 5.91 Å². The highest BCUT2D eigenvalue weighted by Gasteiger charge is 2.24. The van der Waals surface area contributed by atoms with E-state index in [0.29, 0.717) is 11.0 Å². The Hall–Kier alpha value is -2.37. The van der Waals surface area contributed by atoms with Crippen LogP contribution in [0.25, 0.3) is 11.0 Å². The highest BCUT2D eigenvalue weighted by atomic mass is 16.4. The Morgan fingerprint density at radius 3 is 2.52 bits per heavy atom. The van der Waals surface area contributed by atoms with Crippen LogP contribution in [0.1, 0.15) is 37.0 Å². The maximum atomic E-state index is 11.7. The average molecular weight is 289 g/mol. The molecule has 6 nitrogen and oxygen atoms in total. The van der Waals surface area contributed by atoms with Crippen LogP contribution in [0.15, 0.2) is 18.2 Å². The zero-order valence-corrected chi connectivity index (χ0v) is 12.6. The number of benzene rings is 1. The van der Waals surface area contributed by atoms with Crippen LogP contribution in [0, 0.1) is 0 Å². The quantitative estimate of drug-likeness (QED) is 0.902. The first kappa shape index (κ1) is 15.0. The topological polar surface area (TPSA) is 84.2 Å². The predicted octanol–water partition coefficient (Wildman–Crippen LogP) is 1.78. The molecule has 0 aliphatic heterocycles. The van der Waals surface area contributed by atoms with Crippen molar-refractivity contribution in [2.75, 3.05) is 7.05 Å². The summed E-state index contributed by atoms with van der Waals surface area (Å²) in [6, 6.07) is 4.76. The second-order valence-corrected chi connectivity index (χ2v) is 5.95. The van der Waals surface area contributed by atoms with Crippen LogP contribution >= 0.6 is 0 Å². The van der Waals surface area contributed by atoms with E-state index in [9.17, 15) is 9.59 Å². The van der Waals surface area contributed by atoms with E-state index in [1.165, 1.54) is 6.07 Å². The van der Waals surface area contributed by atoms with Crippen molar-refractivity contribution < 1.29 is 14.7 Å². The van der Waals surface area contributed by atoms with Crippen LogP contribution in [-0.2, 0) is 16.8 Å². The third-order valence-corrected chi connectivity index (χ3v) is 3.25. The van der Waals surface area contributed by atoms with Crippen LogP contribution in [0.5, 0.6) is 0 Å². The summed E-state index contributed by atoms with van der Waals surface area (Å²) in [6.07, 6.45) is 0. The van der Waals surface area contributed by atoms with Crippen molar-refractivity contribution in [1.29, 1.82) is 0 Å². The summed E-state index contributed by atoms with van der Waals surface area (Å²) < 4.78 is 1.78. The molecule has 0 bridgehead atoms. The summed E-state index contributed by atoms with van der Waals surface area (Å²) in [7, 11) is 1.57. The van der Waals surface area contributed by atoms with E-state index in [0.717, 1.165) is 5.82 Å². The summed E-state index contributed by atoms with van der Waals surface area (Å²) in [5, 5.41) is 11.7. The first-order valence-corrected chi connectivity index (χ1v) is 6.68. The van der Waals surface area contributed by atoms with Crippen molar-refractivity contribution in [2.24, 2.45) is 0 Å². The standard InChI is InChI=1S/C15H19N3O3/c1-15(2,3)14-17-10-6-5-9(13(20)21)7-11(10)18(14)8-12(19)16-4/h5-7H,8H2,1-4H3,(H,16,19)(H,20,21). The van der Waals surface area contributed by atoms with Crippen LogP contribution in [0.3, 0.4) is 0 Å². The van der Waals surface area contributed by atoms with Crippen LogP contribution in [-0.4, -0.2) is 33.6 Å². The third kappa shape index (κ3) is 2.89. The number of aromatic nitrogens is 2. The number of amides is 1. The first-order valence-electron chi connectivity index (χ1n) is 6.68. The molecule has 0 saturated heterocycles. The molecule has 1 amide bonds. The molecule has 0 atom stereocenters. The number of carbonyl (C=O) groups excluding carboxylic acids is 1. The summed E-state index contributed by atoms with van der Waals surface area (Å²) in [5.74, 6) is -0.397. The van der Waals surface area contributed by atoms with E-state index >= 15 is 0 Å². The van der Waals surface area contributed by atoms with E-state index in [4.69, 9.17) is 5.11 Å². The fourth-order valence-corrected chi connectivity index (χ4v) is 2.21. The van der Waals surface area contributed by atoms with Crippen molar-refractivity contribution in [3.63, 3.8) is 0 Å². The van der Waals surface area contributed by atoms with Gasteiger partial charge in [0, 0.05) is 12.5 Å². The van der Waals surface area contributed by atoms with Gasteiger partial charge in [-0.2, -0.15) is 0 Å².